The van der Waals surface area contributed by atoms with Crippen LogP contribution in [0.25, 0.3) is 0 Å². The van der Waals surface area contributed by atoms with Crippen LogP contribution in [0.2, 0.25) is 0 Å². The first-order valence-electron chi connectivity index (χ1n) is 3.93. The van der Waals surface area contributed by atoms with Gasteiger partial charge in [0.15, 0.2) is 5.78 Å². The largest absolute Gasteiger partial charge is 0.497 e. The molecular formula is C9H10O2. The molecule has 1 aliphatic heterocycles. The number of carbonyl (C=O) groups is 1. The van der Waals surface area contributed by atoms with Gasteiger partial charge in [-0.2, -0.15) is 0 Å². The molecule has 0 spiro atoms. The molecule has 2 nitrogen and oxygen atoms in total. The molecule has 0 bridgehead atoms. The molecule has 1 fully saturated rings. The Balaban J connectivity index is 2.25. The Morgan fingerprint density at radius 3 is 3.27 bits per heavy atom. The van der Waals surface area contributed by atoms with E-state index in [1.807, 2.05) is 6.08 Å². The molecular weight excluding hydrogens is 140 g/mol. The van der Waals surface area contributed by atoms with Gasteiger partial charge in [-0.15, -0.1) is 0 Å². The van der Waals surface area contributed by atoms with Crippen molar-refractivity contribution in [2.75, 3.05) is 6.61 Å². The number of allylic oxidation sites excluding steroid dienone is 4. The van der Waals surface area contributed by atoms with Crippen molar-refractivity contribution < 1.29 is 9.53 Å². The highest BCUT2D eigenvalue weighted by Crippen LogP contribution is 2.27. The summed E-state index contributed by atoms with van der Waals surface area (Å²) in [7, 11) is 0. The van der Waals surface area contributed by atoms with Gasteiger partial charge in [-0.3, -0.25) is 4.79 Å². The highest BCUT2D eigenvalue weighted by Gasteiger charge is 2.26. The zero-order valence-corrected chi connectivity index (χ0v) is 6.25. The standard InChI is InChI=1S/C9H10O2/c10-8-4-1-5-9-7(8)3-2-6-11-9/h1,4-5,7H,2-3,6H2. The van der Waals surface area contributed by atoms with Gasteiger partial charge in [0.1, 0.15) is 5.76 Å². The molecule has 0 radical (unpaired) electrons. The normalized spacial score (nSPS) is 28.9. The van der Waals surface area contributed by atoms with Crippen molar-refractivity contribution in [2.45, 2.75) is 12.8 Å². The summed E-state index contributed by atoms with van der Waals surface area (Å²) >= 11 is 0. The Morgan fingerprint density at radius 2 is 2.45 bits per heavy atom. The highest BCUT2D eigenvalue weighted by molar-refractivity contribution is 5.95. The summed E-state index contributed by atoms with van der Waals surface area (Å²) in [6, 6.07) is 0. The van der Waals surface area contributed by atoms with Crippen LogP contribution in [0.5, 0.6) is 0 Å². The first-order valence-corrected chi connectivity index (χ1v) is 3.93. The second kappa shape index (κ2) is 2.53. The van der Waals surface area contributed by atoms with E-state index in [0.29, 0.717) is 0 Å². The maximum absolute atomic E-state index is 11.2. The van der Waals surface area contributed by atoms with Crippen LogP contribution in [0.1, 0.15) is 12.8 Å². The SMILES string of the molecule is O=C1C=CC=C2OCCCC12. The van der Waals surface area contributed by atoms with Crippen LogP contribution in [0.4, 0.5) is 0 Å². The van der Waals surface area contributed by atoms with Crippen LogP contribution in [0.15, 0.2) is 24.0 Å². The zero-order chi connectivity index (χ0) is 7.68. The van der Waals surface area contributed by atoms with Crippen molar-refractivity contribution in [1.29, 1.82) is 0 Å². The molecule has 0 aromatic carbocycles. The van der Waals surface area contributed by atoms with E-state index in [1.165, 1.54) is 0 Å². The molecule has 1 aliphatic carbocycles. The summed E-state index contributed by atoms with van der Waals surface area (Å²) in [5.41, 5.74) is 0. The number of rotatable bonds is 0. The van der Waals surface area contributed by atoms with Gasteiger partial charge < -0.3 is 4.74 Å². The summed E-state index contributed by atoms with van der Waals surface area (Å²) in [6.45, 7) is 0.767. The van der Waals surface area contributed by atoms with Gasteiger partial charge in [0.05, 0.1) is 12.5 Å². The molecule has 0 aromatic rings. The fourth-order valence-corrected chi connectivity index (χ4v) is 1.52. The molecule has 2 aliphatic rings. The minimum atomic E-state index is 0.0359. The molecule has 58 valence electrons. The second-order valence-corrected chi connectivity index (χ2v) is 2.87. The van der Waals surface area contributed by atoms with Crippen LogP contribution in [0.3, 0.4) is 0 Å². The van der Waals surface area contributed by atoms with Crippen LogP contribution < -0.4 is 0 Å². The average Bonchev–Trinajstić information content (AvgIpc) is 2.06. The van der Waals surface area contributed by atoms with Crippen LogP contribution in [0, 0.1) is 5.92 Å². The molecule has 2 rings (SSSR count). The van der Waals surface area contributed by atoms with Gasteiger partial charge >= 0.3 is 0 Å². The number of fused-ring (bicyclic) bond motifs is 1. The Hall–Kier alpha value is -1.05. The predicted molar refractivity (Wildman–Crippen MR) is 40.9 cm³/mol. The number of carbonyl (C=O) groups excluding carboxylic acids is 1. The maximum atomic E-state index is 11.2. The smallest absolute Gasteiger partial charge is 0.166 e. The number of hydrogen-bond donors (Lipinski definition) is 0. The molecule has 0 saturated carbocycles. The fraction of sp³-hybridized carbons (Fsp3) is 0.444. The van der Waals surface area contributed by atoms with Crippen molar-refractivity contribution in [1.82, 2.24) is 0 Å². The lowest BCUT2D eigenvalue weighted by Gasteiger charge is -2.25. The van der Waals surface area contributed by atoms with E-state index in [-0.39, 0.29) is 11.7 Å². The van der Waals surface area contributed by atoms with Crippen LogP contribution in [-0.2, 0) is 9.53 Å². The first-order chi connectivity index (χ1) is 5.38. The van der Waals surface area contributed by atoms with Gasteiger partial charge in [-0.1, -0.05) is 6.08 Å². The lowest BCUT2D eigenvalue weighted by atomic mass is 9.91. The molecule has 1 unspecified atom stereocenters. The third-order valence-electron chi connectivity index (χ3n) is 2.11. The Morgan fingerprint density at radius 1 is 1.55 bits per heavy atom. The first kappa shape index (κ1) is 6.65. The zero-order valence-electron chi connectivity index (χ0n) is 6.25. The topological polar surface area (TPSA) is 26.3 Å². The molecule has 1 atom stereocenters. The van der Waals surface area contributed by atoms with Crippen molar-refractivity contribution in [2.24, 2.45) is 5.92 Å². The Labute approximate surface area is 65.5 Å². The van der Waals surface area contributed by atoms with E-state index < -0.39 is 0 Å². The van der Waals surface area contributed by atoms with Gasteiger partial charge in [0, 0.05) is 0 Å². The van der Waals surface area contributed by atoms with Crippen molar-refractivity contribution in [3.8, 4) is 0 Å². The lowest BCUT2D eigenvalue weighted by Crippen LogP contribution is -2.23. The van der Waals surface area contributed by atoms with Crippen molar-refractivity contribution in [3.05, 3.63) is 24.0 Å². The quantitative estimate of drug-likeness (QED) is 0.522. The van der Waals surface area contributed by atoms with Crippen LogP contribution in [-0.4, -0.2) is 12.4 Å². The van der Waals surface area contributed by atoms with Gasteiger partial charge in [0.25, 0.3) is 0 Å². The molecule has 0 aromatic heterocycles. The van der Waals surface area contributed by atoms with Crippen molar-refractivity contribution in [3.63, 3.8) is 0 Å². The summed E-state index contributed by atoms with van der Waals surface area (Å²) in [4.78, 5) is 11.2. The molecule has 2 heteroatoms. The fourth-order valence-electron chi connectivity index (χ4n) is 1.52. The van der Waals surface area contributed by atoms with E-state index in [1.54, 1.807) is 12.2 Å². The second-order valence-electron chi connectivity index (χ2n) is 2.87. The van der Waals surface area contributed by atoms with E-state index >= 15 is 0 Å². The van der Waals surface area contributed by atoms with Gasteiger partial charge in [0.2, 0.25) is 0 Å². The monoisotopic (exact) mass is 150 g/mol. The Bertz CT molecular complexity index is 238. The maximum Gasteiger partial charge on any atom is 0.166 e. The van der Waals surface area contributed by atoms with Gasteiger partial charge in [-0.25, -0.2) is 0 Å². The molecule has 11 heavy (non-hydrogen) atoms. The number of ether oxygens (including phenoxy) is 1. The summed E-state index contributed by atoms with van der Waals surface area (Å²) < 4.78 is 5.34. The lowest BCUT2D eigenvalue weighted by molar-refractivity contribution is -0.119. The molecule has 0 amide bonds. The van der Waals surface area contributed by atoms with E-state index in [9.17, 15) is 4.79 Å². The molecule has 1 heterocycles. The van der Waals surface area contributed by atoms with Gasteiger partial charge in [-0.05, 0) is 25.0 Å². The minimum absolute atomic E-state index is 0.0359. The van der Waals surface area contributed by atoms with E-state index in [4.69, 9.17) is 4.74 Å². The average molecular weight is 150 g/mol. The molecule has 1 saturated heterocycles. The number of ketones is 1. The predicted octanol–water partition coefficient (Wildman–Crippen LogP) is 1.44. The minimum Gasteiger partial charge on any atom is -0.497 e. The summed E-state index contributed by atoms with van der Waals surface area (Å²) in [6.07, 6.45) is 7.24. The molecule has 0 N–H and O–H groups in total. The van der Waals surface area contributed by atoms with E-state index in [0.717, 1.165) is 25.2 Å². The highest BCUT2D eigenvalue weighted by atomic mass is 16.5. The third kappa shape index (κ3) is 1.09. The summed E-state index contributed by atoms with van der Waals surface area (Å²) in [5, 5.41) is 0. The third-order valence-corrected chi connectivity index (χ3v) is 2.11. The Kier molecular flexibility index (Phi) is 1.53. The van der Waals surface area contributed by atoms with E-state index in [2.05, 4.69) is 0 Å². The summed E-state index contributed by atoms with van der Waals surface area (Å²) in [5.74, 6) is 1.10. The van der Waals surface area contributed by atoms with Crippen LogP contribution >= 0.6 is 0 Å². The van der Waals surface area contributed by atoms with Crippen molar-refractivity contribution >= 4 is 5.78 Å². The number of hydrogen-bond acceptors (Lipinski definition) is 2.